The van der Waals surface area contributed by atoms with Gasteiger partial charge in [0.05, 0.1) is 11.4 Å². The van der Waals surface area contributed by atoms with Crippen LogP contribution in [-0.2, 0) is 4.79 Å². The van der Waals surface area contributed by atoms with Gasteiger partial charge < -0.3 is 0 Å². The molecule has 1 amide bonds. The van der Waals surface area contributed by atoms with Gasteiger partial charge in [-0.2, -0.15) is 0 Å². The molecule has 0 saturated carbocycles. The van der Waals surface area contributed by atoms with Crippen LogP contribution >= 0.6 is 11.3 Å². The van der Waals surface area contributed by atoms with Crippen LogP contribution in [0, 0.1) is 25.5 Å². The number of amides is 1. The Hall–Kier alpha value is -3.19. The summed E-state index contributed by atoms with van der Waals surface area (Å²) in [4.78, 5) is 30.3. The minimum absolute atomic E-state index is 0.0381. The third-order valence-corrected chi connectivity index (χ3v) is 5.22. The van der Waals surface area contributed by atoms with E-state index < -0.39 is 17.4 Å². The van der Waals surface area contributed by atoms with Crippen molar-refractivity contribution in [3.8, 4) is 0 Å². The average Bonchev–Trinajstić information content (AvgIpc) is 3.13. The van der Waals surface area contributed by atoms with Crippen molar-refractivity contribution >= 4 is 39.9 Å². The van der Waals surface area contributed by atoms with Crippen LogP contribution in [0.25, 0.3) is 6.08 Å². The Morgan fingerprint density at radius 3 is 2.45 bits per heavy atom. The number of hydrogen-bond acceptors (Lipinski definition) is 4. The van der Waals surface area contributed by atoms with E-state index in [1.54, 1.807) is 5.38 Å². The van der Waals surface area contributed by atoms with Gasteiger partial charge in [0.2, 0.25) is 5.91 Å². The summed E-state index contributed by atoms with van der Waals surface area (Å²) in [5.41, 5.74) is 3.41. The minimum atomic E-state index is -1.08. The van der Waals surface area contributed by atoms with Gasteiger partial charge >= 0.3 is 0 Å². The summed E-state index contributed by atoms with van der Waals surface area (Å²) in [6.07, 6.45) is 2.71. The number of carbonyl (C=O) groups is 2. The average molecular weight is 412 g/mol. The molecule has 0 aliphatic rings. The first-order valence-corrected chi connectivity index (χ1v) is 9.65. The molecule has 0 bridgehead atoms. The number of rotatable bonds is 5. The maximum Gasteiger partial charge on any atom is 0.230 e. The van der Waals surface area contributed by atoms with Gasteiger partial charge in [-0.25, -0.2) is 13.8 Å². The first kappa shape index (κ1) is 20.5. The second-order valence-corrected chi connectivity index (χ2v) is 7.34. The smallest absolute Gasteiger partial charge is 0.230 e. The van der Waals surface area contributed by atoms with Crippen molar-refractivity contribution in [3.05, 3.63) is 81.9 Å². The van der Waals surface area contributed by atoms with Gasteiger partial charge in [0, 0.05) is 17.9 Å². The zero-order valence-corrected chi connectivity index (χ0v) is 16.9. The van der Waals surface area contributed by atoms with Crippen molar-refractivity contribution in [1.82, 2.24) is 4.98 Å². The van der Waals surface area contributed by atoms with Gasteiger partial charge in [-0.05, 0) is 67.5 Å². The molecule has 3 rings (SSSR count). The maximum atomic E-state index is 13.3. The second kappa shape index (κ2) is 8.45. The number of carbonyl (C=O) groups excluding carboxylic acids is 2. The summed E-state index contributed by atoms with van der Waals surface area (Å²) >= 11 is 1.26. The Bertz CT molecular complexity index is 1120. The van der Waals surface area contributed by atoms with Crippen molar-refractivity contribution in [2.75, 3.05) is 4.90 Å². The Labute approximate surface area is 171 Å². The fraction of sp³-hybridized carbons (Fsp3) is 0.136. The highest BCUT2D eigenvalue weighted by molar-refractivity contribution is 7.14. The molecule has 3 aromatic rings. The molecule has 148 valence electrons. The highest BCUT2D eigenvalue weighted by atomic mass is 32.1. The number of aromatic nitrogens is 1. The first-order chi connectivity index (χ1) is 13.8. The SMILES string of the molecule is CC(=O)N(c1ccc(C)c(C)c1)c1nc(C=CC(=O)c2ccc(F)c(F)c2)cs1. The Kier molecular flexibility index (Phi) is 5.98. The van der Waals surface area contributed by atoms with Crippen LogP contribution in [0.2, 0.25) is 0 Å². The molecule has 0 aliphatic carbocycles. The molecule has 0 aliphatic heterocycles. The van der Waals surface area contributed by atoms with Crippen LogP contribution in [-0.4, -0.2) is 16.7 Å². The Morgan fingerprint density at radius 1 is 1.03 bits per heavy atom. The summed E-state index contributed by atoms with van der Waals surface area (Å²) in [7, 11) is 0. The number of thiazole rings is 1. The zero-order valence-electron chi connectivity index (χ0n) is 16.1. The molecule has 2 aromatic carbocycles. The van der Waals surface area contributed by atoms with Crippen molar-refractivity contribution in [2.45, 2.75) is 20.8 Å². The van der Waals surface area contributed by atoms with Gasteiger partial charge in [0.25, 0.3) is 0 Å². The number of ketones is 1. The number of halogens is 2. The van der Waals surface area contributed by atoms with Crippen LogP contribution in [0.3, 0.4) is 0 Å². The van der Waals surface area contributed by atoms with E-state index in [0.717, 1.165) is 23.3 Å². The van der Waals surface area contributed by atoms with E-state index >= 15 is 0 Å². The minimum Gasteiger partial charge on any atom is -0.289 e. The summed E-state index contributed by atoms with van der Waals surface area (Å²) in [6, 6.07) is 8.69. The highest BCUT2D eigenvalue weighted by Crippen LogP contribution is 2.30. The lowest BCUT2D eigenvalue weighted by Crippen LogP contribution is -2.22. The molecule has 4 nitrogen and oxygen atoms in total. The molecule has 29 heavy (non-hydrogen) atoms. The van der Waals surface area contributed by atoms with Gasteiger partial charge in [0.15, 0.2) is 22.5 Å². The topological polar surface area (TPSA) is 50.3 Å². The lowest BCUT2D eigenvalue weighted by atomic mass is 10.1. The van der Waals surface area contributed by atoms with Gasteiger partial charge in [-0.3, -0.25) is 14.5 Å². The number of allylic oxidation sites excluding steroid dienone is 1. The van der Waals surface area contributed by atoms with Gasteiger partial charge in [-0.1, -0.05) is 6.07 Å². The summed E-state index contributed by atoms with van der Waals surface area (Å²) < 4.78 is 26.3. The monoisotopic (exact) mass is 412 g/mol. The molecule has 0 fully saturated rings. The van der Waals surface area contributed by atoms with Crippen molar-refractivity contribution in [1.29, 1.82) is 0 Å². The van der Waals surface area contributed by atoms with E-state index in [0.29, 0.717) is 16.5 Å². The molecule has 0 N–H and O–H groups in total. The van der Waals surface area contributed by atoms with Crippen molar-refractivity contribution < 1.29 is 18.4 Å². The number of anilines is 2. The molecular weight excluding hydrogens is 394 g/mol. The first-order valence-electron chi connectivity index (χ1n) is 8.77. The molecule has 0 unspecified atom stereocenters. The van der Waals surface area contributed by atoms with Gasteiger partial charge in [-0.15, -0.1) is 11.3 Å². The van der Waals surface area contributed by atoms with Crippen LogP contribution < -0.4 is 4.90 Å². The molecule has 7 heteroatoms. The Balaban J connectivity index is 1.83. The van der Waals surface area contributed by atoms with E-state index in [2.05, 4.69) is 4.98 Å². The number of hydrogen-bond donors (Lipinski definition) is 0. The lowest BCUT2D eigenvalue weighted by Gasteiger charge is -2.19. The third kappa shape index (κ3) is 4.63. The quantitative estimate of drug-likeness (QED) is 0.404. The second-order valence-electron chi connectivity index (χ2n) is 6.50. The van der Waals surface area contributed by atoms with E-state index in [4.69, 9.17) is 0 Å². The number of nitrogens with zero attached hydrogens (tertiary/aromatic N) is 2. The van der Waals surface area contributed by atoms with Crippen LogP contribution in [0.15, 0.2) is 47.9 Å². The van der Waals surface area contributed by atoms with Crippen LogP contribution in [0.4, 0.5) is 19.6 Å². The number of benzene rings is 2. The van der Waals surface area contributed by atoms with Crippen molar-refractivity contribution in [2.24, 2.45) is 0 Å². The zero-order chi connectivity index (χ0) is 21.1. The van der Waals surface area contributed by atoms with Crippen molar-refractivity contribution in [3.63, 3.8) is 0 Å². The summed E-state index contributed by atoms with van der Waals surface area (Å²) in [5, 5.41) is 2.18. The lowest BCUT2D eigenvalue weighted by molar-refractivity contribution is -0.115. The Morgan fingerprint density at radius 2 is 1.79 bits per heavy atom. The van der Waals surface area contributed by atoms with Crippen LogP contribution in [0.1, 0.15) is 34.1 Å². The van der Waals surface area contributed by atoms with E-state index in [1.807, 2.05) is 32.0 Å². The molecule has 1 heterocycles. The predicted molar refractivity (Wildman–Crippen MR) is 111 cm³/mol. The molecule has 0 spiro atoms. The molecule has 0 saturated heterocycles. The summed E-state index contributed by atoms with van der Waals surface area (Å²) in [6.45, 7) is 5.42. The van der Waals surface area contributed by atoms with E-state index in [-0.39, 0.29) is 11.5 Å². The number of aryl methyl sites for hydroxylation is 2. The third-order valence-electron chi connectivity index (χ3n) is 4.37. The largest absolute Gasteiger partial charge is 0.289 e. The molecule has 1 aromatic heterocycles. The van der Waals surface area contributed by atoms with Gasteiger partial charge in [0.1, 0.15) is 0 Å². The highest BCUT2D eigenvalue weighted by Gasteiger charge is 2.18. The maximum absolute atomic E-state index is 13.3. The fourth-order valence-corrected chi connectivity index (χ4v) is 3.51. The van der Waals surface area contributed by atoms with E-state index in [1.165, 1.54) is 41.4 Å². The van der Waals surface area contributed by atoms with Crippen LogP contribution in [0.5, 0.6) is 0 Å². The fourth-order valence-electron chi connectivity index (χ4n) is 2.65. The summed E-state index contributed by atoms with van der Waals surface area (Å²) in [5.74, 6) is -2.75. The van der Waals surface area contributed by atoms with E-state index in [9.17, 15) is 18.4 Å². The standard InChI is InChI=1S/C22H18F2N2O2S/c1-13-4-7-18(10-14(13)2)26(15(3)27)22-25-17(12-29-22)6-9-21(28)16-5-8-19(23)20(24)11-16/h4-12H,1-3H3. The molecule has 0 radical (unpaired) electrons. The molecular formula is C22H18F2N2O2S. The predicted octanol–water partition coefficient (Wildman–Crippen LogP) is 5.62. The normalized spacial score (nSPS) is 11.1. The molecule has 0 atom stereocenters.